The lowest BCUT2D eigenvalue weighted by atomic mass is 9.63. The second kappa shape index (κ2) is 15.5. The highest BCUT2D eigenvalue weighted by molar-refractivity contribution is 6.30. The quantitative estimate of drug-likeness (QED) is 0.219. The Morgan fingerprint density at radius 1 is 1.22 bits per heavy atom. The molecule has 2 N–H and O–H groups in total. The molecular weight excluding hydrogens is 592 g/mol. The van der Waals surface area contributed by atoms with E-state index in [1.165, 1.54) is 18.2 Å². The molecule has 2 aliphatic rings. The molecule has 1 heterocycles. The highest BCUT2D eigenvalue weighted by atomic mass is 35.5. The predicted molar refractivity (Wildman–Crippen MR) is 178 cm³/mol. The number of rotatable bonds is 12. The first-order valence-corrected chi connectivity index (χ1v) is 16.5. The first-order chi connectivity index (χ1) is 21.4. The van der Waals surface area contributed by atoms with Crippen LogP contribution in [0.2, 0.25) is 5.02 Å². The number of fused-ring (bicyclic) bond motifs is 1. The Hall–Kier alpha value is -3.07. The zero-order valence-electron chi connectivity index (χ0n) is 27.4. The van der Waals surface area contributed by atoms with Crippen molar-refractivity contribution in [2.75, 3.05) is 38.8 Å². The summed E-state index contributed by atoms with van der Waals surface area (Å²) in [4.78, 5) is 27.9. The highest BCUT2D eigenvalue weighted by Crippen LogP contribution is 2.46. The van der Waals surface area contributed by atoms with Gasteiger partial charge in [-0.1, -0.05) is 56.2 Å². The Bertz CT molecular complexity index is 1370. The van der Waals surface area contributed by atoms with Crippen molar-refractivity contribution in [1.29, 1.82) is 0 Å². The summed E-state index contributed by atoms with van der Waals surface area (Å²) in [6, 6.07) is 11.5. The number of nitrogens with zero attached hydrogens (tertiary/aromatic N) is 2. The summed E-state index contributed by atoms with van der Waals surface area (Å²) in [6.45, 7) is 9.77. The van der Waals surface area contributed by atoms with E-state index in [4.69, 9.17) is 21.1 Å². The van der Waals surface area contributed by atoms with Gasteiger partial charge in [0, 0.05) is 44.0 Å². The maximum absolute atomic E-state index is 12.2. The van der Waals surface area contributed by atoms with Crippen molar-refractivity contribution in [3.05, 3.63) is 70.3 Å². The molecular formula is C36H49ClN2O6. The minimum atomic E-state index is -1.40. The van der Waals surface area contributed by atoms with Crippen LogP contribution in [0.5, 0.6) is 5.75 Å². The minimum absolute atomic E-state index is 0.0204. The number of carbonyl (C=O) groups is 2. The van der Waals surface area contributed by atoms with Crippen molar-refractivity contribution < 1.29 is 29.3 Å². The molecule has 1 amide bonds. The number of aliphatic hydroxyl groups excluding tert-OH is 2. The molecule has 246 valence electrons. The predicted octanol–water partition coefficient (Wildman–Crippen LogP) is 5.93. The van der Waals surface area contributed by atoms with Crippen LogP contribution in [0.3, 0.4) is 0 Å². The van der Waals surface area contributed by atoms with E-state index >= 15 is 0 Å². The summed E-state index contributed by atoms with van der Waals surface area (Å²) in [5.41, 5.74) is 3.68. The van der Waals surface area contributed by atoms with Gasteiger partial charge in [-0.25, -0.2) is 4.79 Å². The van der Waals surface area contributed by atoms with Crippen LogP contribution in [0.25, 0.3) is 0 Å². The number of esters is 1. The van der Waals surface area contributed by atoms with E-state index < -0.39 is 18.2 Å². The molecule has 0 radical (unpaired) electrons. The van der Waals surface area contributed by atoms with E-state index in [1.54, 1.807) is 24.9 Å². The van der Waals surface area contributed by atoms with Gasteiger partial charge in [0.1, 0.15) is 5.75 Å². The third-order valence-electron chi connectivity index (χ3n) is 9.77. The van der Waals surface area contributed by atoms with E-state index in [-0.39, 0.29) is 29.7 Å². The zero-order valence-corrected chi connectivity index (χ0v) is 28.2. The third-order valence-corrected chi connectivity index (χ3v) is 10.0. The zero-order chi connectivity index (χ0) is 32.8. The van der Waals surface area contributed by atoms with E-state index in [0.29, 0.717) is 48.4 Å². The molecule has 1 saturated carbocycles. The summed E-state index contributed by atoms with van der Waals surface area (Å²) < 4.78 is 11.2. The van der Waals surface area contributed by atoms with Crippen LogP contribution in [0.4, 0.5) is 5.69 Å². The molecule has 1 aliphatic heterocycles. The summed E-state index contributed by atoms with van der Waals surface area (Å²) in [7, 11) is 3.05. The SMILES string of the molecule is CCCc1cc(Cl)ccc1C1COc2ccc(C(O)C(=O)OC)cc2N(CC2C(C)CC2C(O)/C=C/CC(C)N(C)C(C)=O)C1. The fourth-order valence-electron chi connectivity index (χ4n) is 6.74. The van der Waals surface area contributed by atoms with Gasteiger partial charge in [0.2, 0.25) is 5.91 Å². The number of halogens is 1. The number of aliphatic hydroxyl groups is 2. The number of aryl methyl sites for hydroxylation is 1. The fraction of sp³-hybridized carbons (Fsp3) is 0.556. The monoisotopic (exact) mass is 640 g/mol. The smallest absolute Gasteiger partial charge is 0.339 e. The van der Waals surface area contributed by atoms with Gasteiger partial charge in [0.05, 0.1) is 25.5 Å². The molecule has 4 rings (SSSR count). The Morgan fingerprint density at radius 2 is 1.98 bits per heavy atom. The molecule has 0 bridgehead atoms. The fourth-order valence-corrected chi connectivity index (χ4v) is 6.94. The average Bonchev–Trinajstić information content (AvgIpc) is 3.20. The lowest BCUT2D eigenvalue weighted by molar-refractivity contribution is -0.150. The third kappa shape index (κ3) is 8.21. The lowest BCUT2D eigenvalue weighted by Gasteiger charge is -2.47. The molecule has 0 aromatic heterocycles. The van der Waals surface area contributed by atoms with Gasteiger partial charge >= 0.3 is 5.97 Å². The largest absolute Gasteiger partial charge is 0.491 e. The van der Waals surface area contributed by atoms with Crippen molar-refractivity contribution in [2.24, 2.45) is 17.8 Å². The summed E-state index contributed by atoms with van der Waals surface area (Å²) in [6.07, 6.45) is 5.36. The molecule has 7 unspecified atom stereocenters. The van der Waals surface area contributed by atoms with Crippen molar-refractivity contribution in [3.63, 3.8) is 0 Å². The van der Waals surface area contributed by atoms with E-state index in [2.05, 4.69) is 30.9 Å². The van der Waals surface area contributed by atoms with Crippen LogP contribution in [0.1, 0.15) is 75.7 Å². The Balaban J connectivity index is 1.62. The standard InChI is InChI=1S/C36H49ClN2O6/c1-7-9-25-17-28(37)13-14-29(25)27-19-39(32-18-26(35(42)36(43)44-6)12-15-34(32)45-21-27)20-31-22(2)16-30(31)33(41)11-8-10-23(3)38(5)24(4)40/h8,11-15,17-18,22-23,27,30-31,33,35,41-42H,7,9-10,16,19-21H2,1-6H3/b11-8+. The lowest BCUT2D eigenvalue weighted by Crippen LogP contribution is -2.48. The number of carbonyl (C=O) groups excluding carboxylic acids is 2. The van der Waals surface area contributed by atoms with Gasteiger partial charge < -0.3 is 29.5 Å². The highest BCUT2D eigenvalue weighted by Gasteiger charge is 2.43. The second-order valence-corrected chi connectivity index (χ2v) is 13.3. The number of methoxy groups -OCH3 is 1. The van der Waals surface area contributed by atoms with Gasteiger partial charge in [0.15, 0.2) is 6.10 Å². The first kappa shape index (κ1) is 34.8. The molecule has 8 nitrogen and oxygen atoms in total. The maximum atomic E-state index is 12.2. The molecule has 2 aromatic carbocycles. The Kier molecular flexibility index (Phi) is 12.0. The van der Waals surface area contributed by atoms with Crippen LogP contribution >= 0.6 is 11.6 Å². The molecule has 7 atom stereocenters. The first-order valence-electron chi connectivity index (χ1n) is 16.1. The number of amides is 1. The van der Waals surface area contributed by atoms with Crippen molar-refractivity contribution in [3.8, 4) is 5.75 Å². The van der Waals surface area contributed by atoms with E-state index in [9.17, 15) is 19.8 Å². The molecule has 0 saturated heterocycles. The summed E-state index contributed by atoms with van der Waals surface area (Å²) in [5, 5.41) is 22.6. The van der Waals surface area contributed by atoms with E-state index in [0.717, 1.165) is 24.9 Å². The van der Waals surface area contributed by atoms with Gasteiger partial charge in [-0.15, -0.1) is 0 Å². The summed E-state index contributed by atoms with van der Waals surface area (Å²) in [5.74, 6) is 0.751. The van der Waals surface area contributed by atoms with Gasteiger partial charge in [-0.3, -0.25) is 4.79 Å². The molecule has 0 spiro atoms. The van der Waals surface area contributed by atoms with Crippen molar-refractivity contribution >= 4 is 29.2 Å². The van der Waals surface area contributed by atoms with E-state index in [1.807, 2.05) is 37.3 Å². The van der Waals surface area contributed by atoms with Crippen LogP contribution in [0.15, 0.2) is 48.6 Å². The second-order valence-electron chi connectivity index (χ2n) is 12.8. The number of hydrogen-bond acceptors (Lipinski definition) is 7. The summed E-state index contributed by atoms with van der Waals surface area (Å²) >= 11 is 6.40. The normalized spacial score (nSPS) is 23.3. The molecule has 9 heteroatoms. The van der Waals surface area contributed by atoms with Crippen LogP contribution in [-0.2, 0) is 20.7 Å². The van der Waals surface area contributed by atoms with Crippen LogP contribution in [-0.4, -0.2) is 73.0 Å². The van der Waals surface area contributed by atoms with Crippen molar-refractivity contribution in [2.45, 2.75) is 77.5 Å². The average molecular weight is 641 g/mol. The Morgan fingerprint density at radius 3 is 2.64 bits per heavy atom. The molecule has 45 heavy (non-hydrogen) atoms. The van der Waals surface area contributed by atoms with Gasteiger partial charge in [-0.2, -0.15) is 0 Å². The van der Waals surface area contributed by atoms with Crippen LogP contribution < -0.4 is 9.64 Å². The number of anilines is 1. The number of hydrogen-bond donors (Lipinski definition) is 2. The Labute approximate surface area is 273 Å². The maximum Gasteiger partial charge on any atom is 0.339 e. The van der Waals surface area contributed by atoms with Gasteiger partial charge in [-0.05, 0) is 84.9 Å². The minimum Gasteiger partial charge on any atom is -0.491 e. The van der Waals surface area contributed by atoms with Crippen molar-refractivity contribution in [1.82, 2.24) is 4.90 Å². The van der Waals surface area contributed by atoms with Gasteiger partial charge in [0.25, 0.3) is 0 Å². The number of ether oxygens (including phenoxy) is 2. The number of benzene rings is 2. The topological polar surface area (TPSA) is 99.5 Å². The van der Waals surface area contributed by atoms with Crippen LogP contribution in [0, 0.1) is 17.8 Å². The molecule has 1 fully saturated rings. The molecule has 1 aliphatic carbocycles. The molecule has 2 aromatic rings.